The number of methoxy groups -OCH3 is 5. The fraction of sp³-hybridized carbons (Fsp3) is 0.650. The van der Waals surface area contributed by atoms with Crippen molar-refractivity contribution in [3.05, 3.63) is 23.3 Å². The summed E-state index contributed by atoms with van der Waals surface area (Å²) in [5, 5.41) is 10.5. The van der Waals surface area contributed by atoms with Crippen molar-refractivity contribution in [2.45, 2.75) is 18.9 Å². The molecule has 1 aromatic rings. The Morgan fingerprint density at radius 1 is 0.929 bits per heavy atom. The predicted octanol–water partition coefficient (Wildman–Crippen LogP) is 1.92. The molecule has 1 rings (SSSR count). The quantitative estimate of drug-likeness (QED) is 0.508. The first-order valence-electron chi connectivity index (χ1n) is 9.11. The van der Waals surface area contributed by atoms with E-state index >= 15 is 0 Å². The molecule has 0 spiro atoms. The molecule has 28 heavy (non-hydrogen) atoms. The molecule has 1 unspecified atom stereocenters. The second-order valence-electron chi connectivity index (χ2n) is 6.43. The van der Waals surface area contributed by atoms with Crippen LogP contribution in [0.4, 0.5) is 0 Å². The van der Waals surface area contributed by atoms with Crippen molar-refractivity contribution in [3.63, 3.8) is 0 Å². The second kappa shape index (κ2) is 11.9. The van der Waals surface area contributed by atoms with E-state index in [-0.39, 0.29) is 13.0 Å². The highest BCUT2D eigenvalue weighted by Gasteiger charge is 2.49. The van der Waals surface area contributed by atoms with Gasteiger partial charge in [0.1, 0.15) is 11.5 Å². The molecule has 160 valence electrons. The van der Waals surface area contributed by atoms with Gasteiger partial charge in [0.25, 0.3) is 0 Å². The molecule has 1 atom stereocenters. The molecule has 1 N–H and O–H groups in total. The van der Waals surface area contributed by atoms with Crippen molar-refractivity contribution in [1.82, 2.24) is 4.90 Å². The lowest BCUT2D eigenvalue weighted by Crippen LogP contribution is -2.55. The third-order valence-corrected chi connectivity index (χ3v) is 4.76. The molecule has 0 radical (unpaired) electrons. The number of hydrogen-bond acceptors (Lipinski definition) is 7. The lowest BCUT2D eigenvalue weighted by Gasteiger charge is -2.42. The normalized spacial score (nSPS) is 13.4. The third-order valence-electron chi connectivity index (χ3n) is 4.76. The number of ether oxygens (including phenoxy) is 5. The lowest BCUT2D eigenvalue weighted by atomic mass is 9.82. The standard InChI is InChI=1S/C20H33NO7/c1-15-13-16(27-5)18(17(14-15)28-6)20(19(22)23,7-10-24-2)21(8-11-25-3)9-12-26-4/h13-14H,7-12H2,1-6H3,(H,22,23). The minimum atomic E-state index is -1.45. The monoisotopic (exact) mass is 399 g/mol. The summed E-state index contributed by atoms with van der Waals surface area (Å²) in [6, 6.07) is 3.63. The third kappa shape index (κ3) is 5.35. The second-order valence-corrected chi connectivity index (χ2v) is 6.43. The van der Waals surface area contributed by atoms with E-state index in [4.69, 9.17) is 23.7 Å². The molecule has 0 aliphatic carbocycles. The SMILES string of the molecule is COCCN(CCOC)C(CCOC)(C(=O)O)c1c(OC)cc(C)cc1OC. The zero-order valence-corrected chi connectivity index (χ0v) is 17.7. The fourth-order valence-electron chi connectivity index (χ4n) is 3.39. The molecule has 8 nitrogen and oxygen atoms in total. The highest BCUT2D eigenvalue weighted by molar-refractivity contribution is 5.83. The minimum Gasteiger partial charge on any atom is -0.496 e. The van der Waals surface area contributed by atoms with E-state index in [9.17, 15) is 9.90 Å². The van der Waals surface area contributed by atoms with Crippen molar-refractivity contribution >= 4 is 5.97 Å². The van der Waals surface area contributed by atoms with Crippen LogP contribution >= 0.6 is 0 Å². The van der Waals surface area contributed by atoms with Crippen LogP contribution in [0.5, 0.6) is 11.5 Å². The Bertz CT molecular complexity index is 590. The van der Waals surface area contributed by atoms with Gasteiger partial charge in [-0.05, 0) is 24.6 Å². The first-order chi connectivity index (χ1) is 13.4. The van der Waals surface area contributed by atoms with E-state index in [0.717, 1.165) is 5.56 Å². The maximum Gasteiger partial charge on any atom is 0.329 e. The topological polar surface area (TPSA) is 86.7 Å². The van der Waals surface area contributed by atoms with Crippen LogP contribution in [0.1, 0.15) is 17.5 Å². The van der Waals surface area contributed by atoms with Gasteiger partial charge in [0.2, 0.25) is 0 Å². The van der Waals surface area contributed by atoms with Crippen molar-refractivity contribution in [3.8, 4) is 11.5 Å². The zero-order chi connectivity index (χ0) is 21.2. The number of rotatable bonds is 14. The Labute approximate surface area is 167 Å². The van der Waals surface area contributed by atoms with Crippen molar-refractivity contribution in [2.75, 3.05) is 68.5 Å². The number of carboxylic acid groups (broad SMARTS) is 1. The number of carboxylic acids is 1. The number of benzene rings is 1. The highest BCUT2D eigenvalue weighted by atomic mass is 16.5. The number of hydrogen-bond donors (Lipinski definition) is 1. The van der Waals surface area contributed by atoms with Gasteiger partial charge in [0, 0.05) is 47.4 Å². The maximum absolute atomic E-state index is 12.8. The summed E-state index contributed by atoms with van der Waals surface area (Å²) < 4.78 is 26.9. The lowest BCUT2D eigenvalue weighted by molar-refractivity contribution is -0.155. The van der Waals surface area contributed by atoms with Crippen LogP contribution in [0.25, 0.3) is 0 Å². The van der Waals surface area contributed by atoms with Gasteiger partial charge in [-0.2, -0.15) is 0 Å². The van der Waals surface area contributed by atoms with Gasteiger partial charge in [-0.25, -0.2) is 4.79 Å². The molecular formula is C20H33NO7. The molecule has 0 saturated heterocycles. The summed E-state index contributed by atoms with van der Waals surface area (Å²) in [5.41, 5.74) is -0.0825. The summed E-state index contributed by atoms with van der Waals surface area (Å²) in [5.74, 6) is -0.109. The molecule has 0 aromatic heterocycles. The molecule has 1 aromatic carbocycles. The van der Waals surface area contributed by atoms with Crippen LogP contribution in [-0.2, 0) is 24.5 Å². The van der Waals surface area contributed by atoms with Gasteiger partial charge >= 0.3 is 5.97 Å². The molecule has 0 amide bonds. The molecule has 0 fully saturated rings. The molecule has 0 aliphatic rings. The maximum atomic E-state index is 12.8. The Morgan fingerprint density at radius 3 is 1.75 bits per heavy atom. The summed E-state index contributed by atoms with van der Waals surface area (Å²) in [4.78, 5) is 14.7. The van der Waals surface area contributed by atoms with Crippen molar-refractivity contribution < 1.29 is 33.6 Å². The van der Waals surface area contributed by atoms with E-state index in [1.54, 1.807) is 21.3 Å². The number of aliphatic carboxylic acids is 1. The minimum absolute atomic E-state index is 0.196. The fourth-order valence-corrected chi connectivity index (χ4v) is 3.39. The van der Waals surface area contributed by atoms with E-state index in [2.05, 4.69) is 0 Å². The van der Waals surface area contributed by atoms with Crippen LogP contribution in [0.2, 0.25) is 0 Å². The molecule has 0 aliphatic heterocycles. The highest BCUT2D eigenvalue weighted by Crippen LogP contribution is 2.44. The molecule has 0 saturated carbocycles. The molecular weight excluding hydrogens is 366 g/mol. The van der Waals surface area contributed by atoms with E-state index < -0.39 is 11.5 Å². The predicted molar refractivity (Wildman–Crippen MR) is 105 cm³/mol. The zero-order valence-electron chi connectivity index (χ0n) is 17.7. The van der Waals surface area contributed by atoms with Gasteiger partial charge < -0.3 is 28.8 Å². The average Bonchev–Trinajstić information content (AvgIpc) is 2.69. The van der Waals surface area contributed by atoms with Crippen LogP contribution < -0.4 is 9.47 Å². The Morgan fingerprint density at radius 2 is 1.39 bits per heavy atom. The molecule has 8 heteroatoms. The number of carbonyl (C=O) groups is 1. The smallest absolute Gasteiger partial charge is 0.329 e. The van der Waals surface area contributed by atoms with Gasteiger partial charge in [-0.3, -0.25) is 4.90 Å². The summed E-state index contributed by atoms with van der Waals surface area (Å²) in [6.45, 7) is 3.64. The van der Waals surface area contributed by atoms with Crippen LogP contribution in [-0.4, -0.2) is 84.4 Å². The number of nitrogens with zero attached hydrogens (tertiary/aromatic N) is 1. The van der Waals surface area contributed by atoms with E-state index in [1.807, 2.05) is 24.0 Å². The van der Waals surface area contributed by atoms with Crippen molar-refractivity contribution in [2.24, 2.45) is 0 Å². The molecule has 0 heterocycles. The van der Waals surface area contributed by atoms with E-state index in [0.29, 0.717) is 43.4 Å². The van der Waals surface area contributed by atoms with Gasteiger partial charge in [-0.15, -0.1) is 0 Å². The molecule has 0 bridgehead atoms. The van der Waals surface area contributed by atoms with Gasteiger partial charge in [-0.1, -0.05) is 0 Å². The first kappa shape index (κ1) is 24.2. The van der Waals surface area contributed by atoms with Gasteiger partial charge in [0.05, 0.1) is 33.0 Å². The van der Waals surface area contributed by atoms with E-state index in [1.165, 1.54) is 14.2 Å². The van der Waals surface area contributed by atoms with Crippen molar-refractivity contribution in [1.29, 1.82) is 0 Å². The Balaban J connectivity index is 3.76. The first-order valence-corrected chi connectivity index (χ1v) is 9.11. The Hall–Kier alpha value is -1.87. The van der Waals surface area contributed by atoms with Crippen LogP contribution in [0, 0.1) is 6.92 Å². The van der Waals surface area contributed by atoms with Crippen LogP contribution in [0.3, 0.4) is 0 Å². The summed E-state index contributed by atoms with van der Waals surface area (Å²) in [7, 11) is 7.76. The average molecular weight is 399 g/mol. The van der Waals surface area contributed by atoms with Crippen LogP contribution in [0.15, 0.2) is 12.1 Å². The largest absolute Gasteiger partial charge is 0.496 e. The summed E-state index contributed by atoms with van der Waals surface area (Å²) in [6.07, 6.45) is 0.196. The Kier molecular flexibility index (Phi) is 10.2. The summed E-state index contributed by atoms with van der Waals surface area (Å²) >= 11 is 0. The van der Waals surface area contributed by atoms with Gasteiger partial charge in [0.15, 0.2) is 5.54 Å². The number of aryl methyl sites for hydroxylation is 1.